The smallest absolute Gasteiger partial charge is 0.349 e. The molecule has 1 saturated heterocycles. The monoisotopic (exact) mass is 322 g/mol. The van der Waals surface area contributed by atoms with Crippen LogP contribution in [0.2, 0.25) is 0 Å². The average Bonchev–Trinajstić information content (AvgIpc) is 2.40. The van der Waals surface area contributed by atoms with E-state index in [-0.39, 0.29) is 29.9 Å². The van der Waals surface area contributed by atoms with Crippen LogP contribution in [0.15, 0.2) is 24.3 Å². The highest BCUT2D eigenvalue weighted by Crippen LogP contribution is 2.31. The van der Waals surface area contributed by atoms with Gasteiger partial charge in [0.1, 0.15) is 0 Å². The van der Waals surface area contributed by atoms with Crippen molar-refractivity contribution in [2.45, 2.75) is 25.6 Å². The van der Waals surface area contributed by atoms with Crippen LogP contribution in [0.4, 0.5) is 13.2 Å². The summed E-state index contributed by atoms with van der Waals surface area (Å²) in [5.74, 6) is -0.456. The lowest BCUT2D eigenvalue weighted by atomic mass is 9.94. The summed E-state index contributed by atoms with van der Waals surface area (Å²) >= 11 is 0. The van der Waals surface area contributed by atoms with Crippen LogP contribution in [-0.2, 0) is 6.18 Å². The van der Waals surface area contributed by atoms with Crippen LogP contribution < -0.4 is 10.6 Å². The molecule has 1 amide bonds. The molecule has 1 aliphatic rings. The number of nitrogens with one attached hydrogen (secondary N) is 2. The first-order valence-electron chi connectivity index (χ1n) is 6.57. The number of piperidine rings is 1. The standard InChI is InChI=1S/C14H17F3N2O.ClH/c1-9-8-18-7-6-12(9)19-13(20)10-4-2-3-5-11(10)14(15,16)17;/h2-5,9,12,18H,6-8H2,1H3,(H,19,20);1H. The molecule has 2 unspecified atom stereocenters. The summed E-state index contributed by atoms with van der Waals surface area (Å²) in [7, 11) is 0. The molecule has 1 aliphatic heterocycles. The second-order valence-corrected chi connectivity index (χ2v) is 5.09. The maximum atomic E-state index is 12.9. The third-order valence-corrected chi connectivity index (χ3v) is 3.58. The molecule has 7 heteroatoms. The van der Waals surface area contributed by atoms with Crippen molar-refractivity contribution in [2.24, 2.45) is 5.92 Å². The van der Waals surface area contributed by atoms with E-state index >= 15 is 0 Å². The zero-order valence-electron chi connectivity index (χ0n) is 11.5. The Bertz CT molecular complexity index is 493. The Balaban J connectivity index is 0.00000220. The lowest BCUT2D eigenvalue weighted by molar-refractivity contribution is -0.137. The number of rotatable bonds is 2. The number of amides is 1. The van der Waals surface area contributed by atoms with E-state index in [4.69, 9.17) is 0 Å². The predicted molar refractivity (Wildman–Crippen MR) is 76.6 cm³/mol. The van der Waals surface area contributed by atoms with Gasteiger partial charge in [-0.3, -0.25) is 4.79 Å². The van der Waals surface area contributed by atoms with Gasteiger partial charge in [-0.1, -0.05) is 19.1 Å². The molecule has 21 heavy (non-hydrogen) atoms. The van der Waals surface area contributed by atoms with E-state index in [1.54, 1.807) is 0 Å². The summed E-state index contributed by atoms with van der Waals surface area (Å²) in [6.45, 7) is 3.48. The first-order chi connectivity index (χ1) is 9.39. The molecule has 118 valence electrons. The lowest BCUT2D eigenvalue weighted by Gasteiger charge is -2.30. The lowest BCUT2D eigenvalue weighted by Crippen LogP contribution is -2.48. The molecule has 3 nitrogen and oxygen atoms in total. The van der Waals surface area contributed by atoms with Gasteiger partial charge in [0, 0.05) is 6.04 Å². The van der Waals surface area contributed by atoms with E-state index in [0.29, 0.717) is 0 Å². The quantitative estimate of drug-likeness (QED) is 0.879. The van der Waals surface area contributed by atoms with Crippen LogP contribution >= 0.6 is 12.4 Å². The summed E-state index contributed by atoms with van der Waals surface area (Å²) in [5, 5.41) is 5.90. The predicted octanol–water partition coefficient (Wildman–Crippen LogP) is 2.86. The molecule has 2 N–H and O–H groups in total. The number of halogens is 4. The summed E-state index contributed by atoms with van der Waals surface area (Å²) in [6.07, 6.45) is -3.80. The van der Waals surface area contributed by atoms with Crippen LogP contribution in [0.5, 0.6) is 0 Å². The van der Waals surface area contributed by atoms with Crippen molar-refractivity contribution in [1.29, 1.82) is 0 Å². The van der Waals surface area contributed by atoms with Gasteiger partial charge in [0.2, 0.25) is 0 Å². The highest BCUT2D eigenvalue weighted by Gasteiger charge is 2.35. The van der Waals surface area contributed by atoms with Crippen LogP contribution in [0.3, 0.4) is 0 Å². The summed E-state index contributed by atoms with van der Waals surface area (Å²) in [5.41, 5.74) is -1.20. The summed E-state index contributed by atoms with van der Waals surface area (Å²) in [4.78, 5) is 12.1. The Morgan fingerprint density at radius 3 is 2.62 bits per heavy atom. The van der Waals surface area contributed by atoms with Gasteiger partial charge >= 0.3 is 6.18 Å². The molecule has 0 radical (unpaired) electrons. The van der Waals surface area contributed by atoms with Crippen molar-refractivity contribution in [3.05, 3.63) is 35.4 Å². The molecule has 0 saturated carbocycles. The number of carbonyl (C=O) groups excluding carboxylic acids is 1. The number of carbonyl (C=O) groups is 1. The molecule has 1 aromatic rings. The topological polar surface area (TPSA) is 41.1 Å². The van der Waals surface area contributed by atoms with E-state index in [1.807, 2.05) is 6.92 Å². The Kier molecular flexibility index (Phi) is 6.04. The Hall–Kier alpha value is -1.27. The van der Waals surface area contributed by atoms with Crippen LogP contribution in [0.1, 0.15) is 29.3 Å². The Morgan fingerprint density at radius 2 is 2.00 bits per heavy atom. The van der Waals surface area contributed by atoms with E-state index in [1.165, 1.54) is 18.2 Å². The fraction of sp³-hybridized carbons (Fsp3) is 0.500. The zero-order valence-corrected chi connectivity index (χ0v) is 12.4. The maximum absolute atomic E-state index is 12.9. The summed E-state index contributed by atoms with van der Waals surface area (Å²) in [6, 6.07) is 4.78. The van der Waals surface area contributed by atoms with Gasteiger partial charge in [0.25, 0.3) is 5.91 Å². The third kappa shape index (κ3) is 4.35. The number of benzene rings is 1. The molecule has 0 bridgehead atoms. The molecular formula is C14H18ClF3N2O. The molecule has 1 fully saturated rings. The van der Waals surface area contributed by atoms with Crippen molar-refractivity contribution < 1.29 is 18.0 Å². The van der Waals surface area contributed by atoms with Gasteiger partial charge in [0.15, 0.2) is 0 Å². The SMILES string of the molecule is CC1CNCCC1NC(=O)c1ccccc1C(F)(F)F.Cl. The highest BCUT2D eigenvalue weighted by atomic mass is 35.5. The van der Waals surface area contributed by atoms with Gasteiger partial charge in [-0.2, -0.15) is 13.2 Å². The fourth-order valence-electron chi connectivity index (χ4n) is 2.40. The minimum absolute atomic E-state index is 0. The van der Waals surface area contributed by atoms with Gasteiger partial charge in [-0.05, 0) is 37.6 Å². The van der Waals surface area contributed by atoms with Crippen LogP contribution in [0, 0.1) is 5.92 Å². The molecule has 2 atom stereocenters. The number of hydrogen-bond acceptors (Lipinski definition) is 2. The second kappa shape index (κ2) is 7.13. The van der Waals surface area contributed by atoms with Crippen molar-refractivity contribution in [1.82, 2.24) is 10.6 Å². The first-order valence-corrected chi connectivity index (χ1v) is 6.57. The molecule has 1 heterocycles. The Labute approximate surface area is 127 Å². The molecule has 1 aromatic carbocycles. The Morgan fingerprint density at radius 1 is 1.33 bits per heavy atom. The second-order valence-electron chi connectivity index (χ2n) is 5.09. The van der Waals surface area contributed by atoms with Crippen molar-refractivity contribution >= 4 is 18.3 Å². The summed E-state index contributed by atoms with van der Waals surface area (Å²) < 4.78 is 38.6. The van der Waals surface area contributed by atoms with E-state index < -0.39 is 17.6 Å². The van der Waals surface area contributed by atoms with Crippen molar-refractivity contribution in [2.75, 3.05) is 13.1 Å². The van der Waals surface area contributed by atoms with E-state index in [0.717, 1.165) is 25.6 Å². The van der Waals surface area contributed by atoms with Gasteiger partial charge < -0.3 is 10.6 Å². The van der Waals surface area contributed by atoms with Crippen molar-refractivity contribution in [3.8, 4) is 0 Å². The normalized spacial score (nSPS) is 22.3. The maximum Gasteiger partial charge on any atom is 0.417 e. The molecule has 0 aromatic heterocycles. The first kappa shape index (κ1) is 17.8. The highest BCUT2D eigenvalue weighted by molar-refractivity contribution is 5.96. The number of hydrogen-bond donors (Lipinski definition) is 2. The fourth-order valence-corrected chi connectivity index (χ4v) is 2.40. The van der Waals surface area contributed by atoms with E-state index in [2.05, 4.69) is 10.6 Å². The van der Waals surface area contributed by atoms with Gasteiger partial charge in [-0.25, -0.2) is 0 Å². The molecule has 0 spiro atoms. The zero-order chi connectivity index (χ0) is 14.8. The van der Waals surface area contributed by atoms with Crippen LogP contribution in [-0.4, -0.2) is 25.0 Å². The number of alkyl halides is 3. The molecule has 0 aliphatic carbocycles. The third-order valence-electron chi connectivity index (χ3n) is 3.58. The minimum Gasteiger partial charge on any atom is -0.349 e. The van der Waals surface area contributed by atoms with Crippen molar-refractivity contribution in [3.63, 3.8) is 0 Å². The molecule has 2 rings (SSSR count). The average molecular weight is 323 g/mol. The van der Waals surface area contributed by atoms with Crippen LogP contribution in [0.25, 0.3) is 0 Å². The largest absolute Gasteiger partial charge is 0.417 e. The molecular weight excluding hydrogens is 305 g/mol. The minimum atomic E-state index is -4.52. The van der Waals surface area contributed by atoms with Gasteiger partial charge in [0.05, 0.1) is 11.1 Å². The van der Waals surface area contributed by atoms with E-state index in [9.17, 15) is 18.0 Å². The van der Waals surface area contributed by atoms with Gasteiger partial charge in [-0.15, -0.1) is 12.4 Å².